The molecule has 0 amide bonds. The van der Waals surface area contributed by atoms with Crippen molar-refractivity contribution >= 4 is 11.4 Å². The number of aliphatic hydroxyl groups excluding tert-OH is 2. The summed E-state index contributed by atoms with van der Waals surface area (Å²) in [4.78, 5) is 0. The largest absolute Gasteiger partial charge is 0.493 e. The summed E-state index contributed by atoms with van der Waals surface area (Å²) in [5.41, 5.74) is 25.7. The van der Waals surface area contributed by atoms with E-state index in [9.17, 15) is 5.53 Å². The van der Waals surface area contributed by atoms with Gasteiger partial charge in [0, 0.05) is 56.9 Å². The third kappa shape index (κ3) is 19.4. The second-order valence-corrected chi connectivity index (χ2v) is 15.5. The summed E-state index contributed by atoms with van der Waals surface area (Å²) >= 11 is 0. The van der Waals surface area contributed by atoms with Gasteiger partial charge in [0.25, 0.3) is 0 Å². The zero-order chi connectivity index (χ0) is 40.0. The fraction of sp³-hybridized carbons (Fsp3) is 0.680. The molecule has 1 aliphatic rings. The van der Waals surface area contributed by atoms with Gasteiger partial charge in [-0.15, -0.1) is 0 Å². The van der Waals surface area contributed by atoms with Gasteiger partial charge in [0.05, 0.1) is 0 Å². The molecular formula is C50H84N2O2Pd. The standard InChI is InChI=1S/C48H76N2.2CH4O.Pd/c1-7-13-19-21-23-25-29-41-34-42(30-26-24-22-20-14-8-2)38-44(37-41)48-46(32-18-12-6)45(31-17-11-5)47(50(48)49)43-35-39(27-15-9-3)33-40(36-43)28-16-10-4;2*1-2;/h33-38H,7-32H2,1-6H3;2*2H,1H3;. The molecule has 4 nitrogen and oxygen atoms in total. The van der Waals surface area contributed by atoms with Crippen molar-refractivity contribution in [1.82, 2.24) is 0 Å². The monoisotopic (exact) mass is 851 g/mol. The third-order valence-electron chi connectivity index (χ3n) is 10.8. The number of rotatable bonds is 28. The van der Waals surface area contributed by atoms with Crippen LogP contribution in [-0.2, 0) is 46.1 Å². The van der Waals surface area contributed by atoms with Crippen molar-refractivity contribution in [1.29, 1.82) is 0 Å². The van der Waals surface area contributed by atoms with Crippen molar-refractivity contribution in [2.24, 2.45) is 0 Å². The Hall–Kier alpha value is -1.90. The minimum atomic E-state index is 0. The summed E-state index contributed by atoms with van der Waals surface area (Å²) in [7, 11) is 2.00. The Morgan fingerprint density at radius 2 is 0.618 bits per heavy atom. The summed E-state index contributed by atoms with van der Waals surface area (Å²) in [5, 5.41) is 14.0. The van der Waals surface area contributed by atoms with Crippen LogP contribution in [0, 0.1) is 0 Å². The molecule has 0 unspecified atom stereocenters. The van der Waals surface area contributed by atoms with Gasteiger partial charge in [-0.2, -0.15) is 0 Å². The topological polar surface area (TPSA) is 65.8 Å². The fourth-order valence-electron chi connectivity index (χ4n) is 7.85. The molecule has 1 heterocycles. The van der Waals surface area contributed by atoms with E-state index >= 15 is 0 Å². The van der Waals surface area contributed by atoms with Crippen LogP contribution < -0.4 is 0 Å². The minimum absolute atomic E-state index is 0. The maximum Gasteiger partial charge on any atom is 0.211 e. The normalized spacial score (nSPS) is 12.4. The molecule has 0 saturated heterocycles. The zero-order valence-corrected chi connectivity index (χ0v) is 38.5. The molecule has 1 aliphatic heterocycles. The first-order chi connectivity index (χ1) is 26.5. The minimum Gasteiger partial charge on any atom is -0.493 e. The Morgan fingerprint density at radius 3 is 0.927 bits per heavy atom. The van der Waals surface area contributed by atoms with E-state index in [-0.39, 0.29) is 20.4 Å². The third-order valence-corrected chi connectivity index (χ3v) is 10.8. The van der Waals surface area contributed by atoms with Crippen molar-refractivity contribution in [2.75, 3.05) is 14.2 Å². The molecule has 0 aromatic heterocycles. The first-order valence-corrected chi connectivity index (χ1v) is 22.6. The van der Waals surface area contributed by atoms with E-state index in [1.54, 1.807) is 4.70 Å². The van der Waals surface area contributed by atoms with Gasteiger partial charge in [-0.05, 0) is 124 Å². The van der Waals surface area contributed by atoms with Gasteiger partial charge in [-0.25, -0.2) is 4.70 Å². The first-order valence-electron chi connectivity index (χ1n) is 22.6. The molecule has 0 saturated carbocycles. The van der Waals surface area contributed by atoms with E-state index in [0.717, 1.165) is 89.8 Å². The molecule has 0 fully saturated rings. The van der Waals surface area contributed by atoms with E-state index < -0.39 is 0 Å². The number of nitrogens with zero attached hydrogens (tertiary/aromatic N) is 2. The van der Waals surface area contributed by atoms with Crippen molar-refractivity contribution in [2.45, 2.75) is 208 Å². The number of hydrogen-bond donors (Lipinski definition) is 2. The quantitative estimate of drug-likeness (QED) is 0.0509. The van der Waals surface area contributed by atoms with Crippen LogP contribution in [-0.4, -0.2) is 29.1 Å². The fourth-order valence-corrected chi connectivity index (χ4v) is 7.85. The maximum absolute atomic E-state index is 12.5. The second kappa shape index (κ2) is 34.2. The molecule has 2 aromatic rings. The molecular weight excluding hydrogens is 767 g/mol. The second-order valence-electron chi connectivity index (χ2n) is 15.5. The van der Waals surface area contributed by atoms with Gasteiger partial charge in [-0.3, -0.25) is 0 Å². The van der Waals surface area contributed by atoms with Crippen LogP contribution >= 0.6 is 0 Å². The van der Waals surface area contributed by atoms with Gasteiger partial charge in [-0.1, -0.05) is 144 Å². The van der Waals surface area contributed by atoms with E-state index in [0.29, 0.717) is 0 Å². The van der Waals surface area contributed by atoms with Crippen molar-refractivity contribution in [3.63, 3.8) is 0 Å². The van der Waals surface area contributed by atoms with Crippen LogP contribution in [0.15, 0.2) is 47.5 Å². The van der Waals surface area contributed by atoms with Gasteiger partial charge in [0.15, 0.2) is 0 Å². The molecule has 55 heavy (non-hydrogen) atoms. The summed E-state index contributed by atoms with van der Waals surface area (Å²) < 4.78 is 1.66. The van der Waals surface area contributed by atoms with Crippen molar-refractivity contribution in [3.8, 4) is 0 Å². The number of unbranched alkanes of at least 4 members (excludes halogenated alkanes) is 14. The van der Waals surface area contributed by atoms with Crippen LogP contribution in [0.4, 0.5) is 0 Å². The van der Waals surface area contributed by atoms with Gasteiger partial charge in [0.1, 0.15) is 0 Å². The Balaban J connectivity index is 0.00000564. The smallest absolute Gasteiger partial charge is 0.211 e. The Labute approximate surface area is 354 Å². The van der Waals surface area contributed by atoms with Crippen molar-refractivity contribution in [3.05, 3.63) is 86.5 Å². The number of benzene rings is 2. The van der Waals surface area contributed by atoms with Gasteiger partial charge in [0.2, 0.25) is 11.4 Å². The average molecular weight is 852 g/mol. The molecule has 2 aromatic carbocycles. The first kappa shape index (κ1) is 53.1. The summed E-state index contributed by atoms with van der Waals surface area (Å²) in [5.74, 6) is 0. The Kier molecular flexibility index (Phi) is 33.0. The van der Waals surface area contributed by atoms with Gasteiger partial charge >= 0.3 is 0 Å². The number of allylic oxidation sites excluding steroid dienone is 2. The predicted octanol–water partition coefficient (Wildman–Crippen LogP) is 14.9. The Morgan fingerprint density at radius 1 is 0.364 bits per heavy atom. The predicted molar refractivity (Wildman–Crippen MR) is 237 cm³/mol. The van der Waals surface area contributed by atoms with E-state index in [1.807, 2.05) is 0 Å². The molecule has 0 bridgehead atoms. The molecule has 5 heteroatoms. The van der Waals surface area contributed by atoms with Crippen LogP contribution in [0.3, 0.4) is 0 Å². The molecule has 3 rings (SSSR count). The number of aryl methyl sites for hydroxylation is 4. The van der Waals surface area contributed by atoms with Crippen LogP contribution in [0.5, 0.6) is 0 Å². The molecule has 0 aliphatic carbocycles. The van der Waals surface area contributed by atoms with E-state index in [2.05, 4.69) is 77.9 Å². The molecule has 2 N–H and O–H groups in total. The zero-order valence-electron chi connectivity index (χ0n) is 37.0. The van der Waals surface area contributed by atoms with Crippen LogP contribution in [0.1, 0.15) is 216 Å². The van der Waals surface area contributed by atoms with E-state index in [1.165, 1.54) is 147 Å². The molecule has 0 atom stereocenters. The van der Waals surface area contributed by atoms with Gasteiger partial charge < -0.3 is 15.7 Å². The summed E-state index contributed by atoms with van der Waals surface area (Å²) in [6.07, 6.45) is 31.9. The number of aliphatic hydroxyl groups is 2. The van der Waals surface area contributed by atoms with Crippen LogP contribution in [0.2, 0.25) is 0 Å². The SMILES string of the molecule is CCCCCCCCc1cc(CCCCCCCC)cc(C2=C(CCCC)C(CCCC)=C(c3cc(CCCC)cc(CCCC)c3)[N+]2=[N-])c1.CO.CO.[Pd]. The van der Waals surface area contributed by atoms with E-state index in [4.69, 9.17) is 10.2 Å². The molecule has 0 spiro atoms. The van der Waals surface area contributed by atoms with Crippen molar-refractivity contribution < 1.29 is 35.3 Å². The summed E-state index contributed by atoms with van der Waals surface area (Å²) in [6, 6.07) is 14.7. The molecule has 316 valence electrons. The average Bonchev–Trinajstić information content (AvgIpc) is 3.48. The number of hydrogen-bond acceptors (Lipinski definition) is 2. The Bertz CT molecular complexity index is 1300. The van der Waals surface area contributed by atoms with Crippen LogP contribution in [0.25, 0.3) is 16.9 Å². The maximum atomic E-state index is 12.5. The summed E-state index contributed by atoms with van der Waals surface area (Å²) in [6.45, 7) is 13.8. The molecule has 0 radical (unpaired) electrons.